The van der Waals surface area contributed by atoms with E-state index in [0.29, 0.717) is 25.2 Å². The first kappa shape index (κ1) is 11.5. The quantitative estimate of drug-likeness (QED) is 0.826. The molecule has 0 unspecified atom stereocenters. The Hall–Kier alpha value is -0.940. The molecule has 0 radical (unpaired) electrons. The maximum atomic E-state index is 9.03. The summed E-state index contributed by atoms with van der Waals surface area (Å²) in [5.41, 5.74) is 0. The van der Waals surface area contributed by atoms with E-state index in [0.717, 1.165) is 31.5 Å². The molecule has 1 heterocycles. The maximum absolute atomic E-state index is 9.03. The summed E-state index contributed by atoms with van der Waals surface area (Å²) < 4.78 is 7.67. The van der Waals surface area contributed by atoms with Gasteiger partial charge in [0, 0.05) is 13.7 Å². The third-order valence-corrected chi connectivity index (χ3v) is 3.31. The fourth-order valence-electron chi connectivity index (χ4n) is 2.11. The van der Waals surface area contributed by atoms with Crippen LogP contribution in [0.25, 0.3) is 0 Å². The maximum Gasteiger partial charge on any atom is 0.158 e. The second-order valence-electron chi connectivity index (χ2n) is 4.49. The third kappa shape index (κ3) is 2.80. The number of ether oxygens (including phenoxy) is 1. The van der Waals surface area contributed by atoms with E-state index in [2.05, 4.69) is 10.2 Å². The summed E-state index contributed by atoms with van der Waals surface area (Å²) in [6.45, 7) is 0.848. The van der Waals surface area contributed by atoms with Crippen LogP contribution in [0.2, 0.25) is 0 Å². The van der Waals surface area contributed by atoms with Crippen molar-refractivity contribution < 1.29 is 9.84 Å². The highest BCUT2D eigenvalue weighted by Gasteiger charge is 2.21. The lowest BCUT2D eigenvalue weighted by Gasteiger charge is -2.27. The van der Waals surface area contributed by atoms with E-state index in [1.54, 1.807) is 6.33 Å². The number of aliphatic hydroxyl groups excluding tert-OH is 1. The van der Waals surface area contributed by atoms with E-state index in [-0.39, 0.29) is 0 Å². The molecule has 1 aliphatic rings. The van der Waals surface area contributed by atoms with Crippen LogP contribution < -0.4 is 0 Å². The molecule has 5 nitrogen and oxygen atoms in total. The average molecular weight is 225 g/mol. The van der Waals surface area contributed by atoms with Crippen LogP contribution in [0, 0.1) is 5.92 Å². The second kappa shape index (κ2) is 5.41. The molecule has 0 aromatic carbocycles. The van der Waals surface area contributed by atoms with Crippen LogP contribution in [0.15, 0.2) is 6.33 Å². The Morgan fingerprint density at radius 2 is 2.19 bits per heavy atom. The molecule has 1 N–H and O–H groups in total. The highest BCUT2D eigenvalue weighted by atomic mass is 16.5. The molecule has 2 rings (SSSR count). The number of hydrogen-bond acceptors (Lipinski definition) is 4. The second-order valence-corrected chi connectivity index (χ2v) is 4.49. The Labute approximate surface area is 95.4 Å². The Morgan fingerprint density at radius 3 is 2.75 bits per heavy atom. The number of nitrogens with zero attached hydrogens (tertiary/aromatic N) is 3. The van der Waals surface area contributed by atoms with Crippen molar-refractivity contribution in [2.24, 2.45) is 13.0 Å². The molecule has 1 aromatic rings. The summed E-state index contributed by atoms with van der Waals surface area (Å²) in [5, 5.41) is 16.8. The Bertz CT molecular complexity index is 319. The number of rotatable bonds is 4. The molecule has 1 fully saturated rings. The van der Waals surface area contributed by atoms with Crippen LogP contribution in [0.1, 0.15) is 31.5 Å². The van der Waals surface area contributed by atoms with E-state index in [9.17, 15) is 0 Å². The molecule has 1 aliphatic carbocycles. The highest BCUT2D eigenvalue weighted by molar-refractivity contribution is 4.81. The lowest BCUT2D eigenvalue weighted by atomic mass is 9.88. The van der Waals surface area contributed by atoms with E-state index in [1.165, 1.54) is 0 Å². The molecule has 90 valence electrons. The van der Waals surface area contributed by atoms with E-state index in [4.69, 9.17) is 9.84 Å². The van der Waals surface area contributed by atoms with Crippen molar-refractivity contribution in [2.45, 2.75) is 38.4 Å². The van der Waals surface area contributed by atoms with Crippen LogP contribution in [0.3, 0.4) is 0 Å². The summed E-state index contributed by atoms with van der Waals surface area (Å²) in [4.78, 5) is 0. The first-order valence-electron chi connectivity index (χ1n) is 5.85. The van der Waals surface area contributed by atoms with Gasteiger partial charge >= 0.3 is 0 Å². The van der Waals surface area contributed by atoms with Crippen molar-refractivity contribution in [3.63, 3.8) is 0 Å². The van der Waals surface area contributed by atoms with E-state index < -0.39 is 0 Å². The van der Waals surface area contributed by atoms with Gasteiger partial charge in [-0.25, -0.2) is 0 Å². The van der Waals surface area contributed by atoms with Crippen molar-refractivity contribution in [3.8, 4) is 0 Å². The summed E-state index contributed by atoms with van der Waals surface area (Å²) >= 11 is 0. The minimum atomic E-state index is 0.315. The van der Waals surface area contributed by atoms with Gasteiger partial charge in [0.25, 0.3) is 0 Å². The molecule has 5 heteroatoms. The van der Waals surface area contributed by atoms with Gasteiger partial charge in [0.1, 0.15) is 12.9 Å². The fraction of sp³-hybridized carbons (Fsp3) is 0.818. The van der Waals surface area contributed by atoms with Crippen molar-refractivity contribution in [1.82, 2.24) is 14.8 Å². The van der Waals surface area contributed by atoms with Crippen LogP contribution in [0.5, 0.6) is 0 Å². The molecule has 16 heavy (non-hydrogen) atoms. The van der Waals surface area contributed by atoms with Crippen molar-refractivity contribution in [3.05, 3.63) is 12.2 Å². The standard InChI is InChI=1S/C11H19N3O2/c1-14-8-12-13-11(14)7-16-10-4-2-9(6-15)3-5-10/h8-10,15H,2-7H2,1H3. The summed E-state index contributed by atoms with van der Waals surface area (Å²) in [7, 11) is 1.92. The van der Waals surface area contributed by atoms with E-state index in [1.807, 2.05) is 11.6 Å². The zero-order chi connectivity index (χ0) is 11.4. The average Bonchev–Trinajstić information content (AvgIpc) is 2.73. The number of aliphatic hydroxyl groups is 1. The molecule has 0 bridgehead atoms. The molecule has 0 aliphatic heterocycles. The zero-order valence-corrected chi connectivity index (χ0v) is 9.67. The van der Waals surface area contributed by atoms with Gasteiger partial charge in [-0.2, -0.15) is 0 Å². The van der Waals surface area contributed by atoms with Crippen molar-refractivity contribution in [1.29, 1.82) is 0 Å². The number of hydrogen-bond donors (Lipinski definition) is 1. The molecule has 0 amide bonds. The monoisotopic (exact) mass is 225 g/mol. The van der Waals surface area contributed by atoms with Crippen molar-refractivity contribution >= 4 is 0 Å². The van der Waals surface area contributed by atoms with Gasteiger partial charge in [0.15, 0.2) is 5.82 Å². The molecule has 1 saturated carbocycles. The SMILES string of the molecule is Cn1cnnc1COC1CCC(CO)CC1. The summed E-state index contributed by atoms with van der Waals surface area (Å²) in [6, 6.07) is 0. The van der Waals surface area contributed by atoms with Gasteiger partial charge in [0.2, 0.25) is 0 Å². The van der Waals surface area contributed by atoms with Gasteiger partial charge in [0.05, 0.1) is 6.10 Å². The van der Waals surface area contributed by atoms with Crippen LogP contribution in [0.4, 0.5) is 0 Å². The highest BCUT2D eigenvalue weighted by Crippen LogP contribution is 2.26. The van der Waals surface area contributed by atoms with Crippen LogP contribution in [-0.4, -0.2) is 32.6 Å². The number of aryl methyl sites for hydroxylation is 1. The van der Waals surface area contributed by atoms with Crippen molar-refractivity contribution in [2.75, 3.05) is 6.61 Å². The largest absolute Gasteiger partial charge is 0.396 e. The van der Waals surface area contributed by atoms with Crippen LogP contribution in [-0.2, 0) is 18.4 Å². The Kier molecular flexibility index (Phi) is 3.90. The predicted octanol–water partition coefficient (Wildman–Crippen LogP) is 0.883. The van der Waals surface area contributed by atoms with E-state index >= 15 is 0 Å². The number of aromatic nitrogens is 3. The first-order chi connectivity index (χ1) is 7.79. The third-order valence-electron chi connectivity index (χ3n) is 3.31. The zero-order valence-electron chi connectivity index (χ0n) is 9.67. The molecule has 0 saturated heterocycles. The molecule has 0 atom stereocenters. The van der Waals surface area contributed by atoms with Crippen LogP contribution >= 0.6 is 0 Å². The van der Waals surface area contributed by atoms with Gasteiger partial charge in [-0.1, -0.05) is 0 Å². The lowest BCUT2D eigenvalue weighted by molar-refractivity contribution is -0.00254. The Balaban J connectivity index is 1.73. The van der Waals surface area contributed by atoms with Gasteiger partial charge in [-0.3, -0.25) is 0 Å². The molecular formula is C11H19N3O2. The molecule has 1 aromatic heterocycles. The summed E-state index contributed by atoms with van der Waals surface area (Å²) in [5.74, 6) is 1.35. The summed E-state index contributed by atoms with van der Waals surface area (Å²) in [6.07, 6.45) is 6.23. The Morgan fingerprint density at radius 1 is 1.44 bits per heavy atom. The van der Waals surface area contributed by atoms with Gasteiger partial charge in [-0.15, -0.1) is 10.2 Å². The van der Waals surface area contributed by atoms with Gasteiger partial charge in [-0.05, 0) is 31.6 Å². The fourth-order valence-corrected chi connectivity index (χ4v) is 2.11. The molecule has 0 spiro atoms. The first-order valence-corrected chi connectivity index (χ1v) is 5.85. The minimum Gasteiger partial charge on any atom is -0.396 e. The lowest BCUT2D eigenvalue weighted by Crippen LogP contribution is -2.23. The van der Waals surface area contributed by atoms with Gasteiger partial charge < -0.3 is 14.4 Å². The predicted molar refractivity (Wildman–Crippen MR) is 58.6 cm³/mol. The molecular weight excluding hydrogens is 206 g/mol. The smallest absolute Gasteiger partial charge is 0.158 e. The minimum absolute atomic E-state index is 0.315. The topological polar surface area (TPSA) is 60.2 Å². The normalized spacial score (nSPS) is 25.9.